The molecule has 0 aromatic heterocycles. The predicted molar refractivity (Wildman–Crippen MR) is 96.9 cm³/mol. The van der Waals surface area contributed by atoms with Crippen LogP contribution in [0.1, 0.15) is 67.2 Å². The average molecular weight is 428 g/mol. The van der Waals surface area contributed by atoms with Crippen molar-refractivity contribution in [1.82, 2.24) is 0 Å². The van der Waals surface area contributed by atoms with Gasteiger partial charge in [0.25, 0.3) is 0 Å². The number of hydrogen-bond donors (Lipinski definition) is 0. The molecule has 2 fully saturated rings. The Balaban J connectivity index is 1.52. The molecule has 4 aliphatic rings. The van der Waals surface area contributed by atoms with Gasteiger partial charge in [-0.05, 0) is 0 Å². The Labute approximate surface area is 147 Å². The van der Waals surface area contributed by atoms with Crippen LogP contribution in [0.4, 0.5) is 0 Å². The van der Waals surface area contributed by atoms with Crippen molar-refractivity contribution in [3.05, 3.63) is 21.1 Å². The van der Waals surface area contributed by atoms with Crippen LogP contribution in [-0.2, 0) is 0 Å². The summed E-state index contributed by atoms with van der Waals surface area (Å²) >= 11 is 1.48. The first-order valence-electron chi connectivity index (χ1n) is 8.92. The Hall–Kier alpha value is 0.519. The quantitative estimate of drug-likeness (QED) is 0.556. The van der Waals surface area contributed by atoms with Crippen LogP contribution in [0.15, 0.2) is 21.1 Å². The molecular weight excluding hydrogens is 398 g/mol. The van der Waals surface area contributed by atoms with E-state index in [9.17, 15) is 0 Å². The second-order valence-electron chi connectivity index (χ2n) is 9.63. The first-order valence-corrected chi connectivity index (χ1v) is 15.0. The number of allylic oxidation sites excluding steroid dienone is 4. The van der Waals surface area contributed by atoms with Gasteiger partial charge in [0.05, 0.1) is 0 Å². The molecule has 0 amide bonds. The van der Waals surface area contributed by atoms with Gasteiger partial charge in [0.1, 0.15) is 0 Å². The van der Waals surface area contributed by atoms with Crippen molar-refractivity contribution in [1.29, 1.82) is 0 Å². The molecule has 4 atom stereocenters. The molecule has 0 N–H and O–H groups in total. The van der Waals surface area contributed by atoms with Crippen LogP contribution in [0, 0.1) is 33.5 Å². The van der Waals surface area contributed by atoms with Crippen LogP contribution in [0.2, 0.25) is 0 Å². The van der Waals surface area contributed by atoms with Gasteiger partial charge in [0.2, 0.25) is 0 Å². The van der Waals surface area contributed by atoms with Gasteiger partial charge >= 0.3 is 148 Å². The van der Waals surface area contributed by atoms with Gasteiger partial charge in [-0.15, -0.1) is 0 Å². The molecule has 0 heterocycles. The van der Waals surface area contributed by atoms with Crippen molar-refractivity contribution in [2.75, 3.05) is 0 Å². The molecule has 0 aliphatic heterocycles. The van der Waals surface area contributed by atoms with E-state index in [1.54, 1.807) is 0 Å². The van der Waals surface area contributed by atoms with Crippen LogP contribution in [0.3, 0.4) is 0 Å². The molecule has 0 aromatic carbocycles. The maximum atomic E-state index is 2.71. The van der Waals surface area contributed by atoms with E-state index >= 15 is 0 Å². The maximum absolute atomic E-state index is 2.71. The molecular formula is C20H30Se2. The van der Waals surface area contributed by atoms with Gasteiger partial charge in [0, 0.05) is 0 Å². The van der Waals surface area contributed by atoms with Crippen LogP contribution in [-0.4, -0.2) is 26.3 Å². The standard InChI is InChI=1S/C20H30Se2/c1-17(2)13-7-9-19(17,5)15(11-13)21-22-16-12-14-8-10-20(16,6)18(14,3)4/h11-14H,7-10H2,1-6H3/t13-,14-,19+,20+/m1/s1. The molecule has 122 valence electrons. The summed E-state index contributed by atoms with van der Waals surface area (Å²) < 4.78 is 3.76. The van der Waals surface area contributed by atoms with Crippen LogP contribution in [0.5, 0.6) is 0 Å². The van der Waals surface area contributed by atoms with Crippen LogP contribution < -0.4 is 0 Å². The van der Waals surface area contributed by atoms with E-state index in [1.807, 2.05) is 8.94 Å². The normalized spacial score (nSPS) is 47.0. The third-order valence-electron chi connectivity index (χ3n) is 8.62. The van der Waals surface area contributed by atoms with Gasteiger partial charge in [0.15, 0.2) is 0 Å². The Morgan fingerprint density at radius 2 is 1.09 bits per heavy atom. The monoisotopic (exact) mass is 430 g/mol. The molecule has 4 aliphatic carbocycles. The Morgan fingerprint density at radius 3 is 1.32 bits per heavy atom. The van der Waals surface area contributed by atoms with Gasteiger partial charge in [-0.1, -0.05) is 0 Å². The van der Waals surface area contributed by atoms with Crippen LogP contribution >= 0.6 is 0 Å². The van der Waals surface area contributed by atoms with E-state index in [-0.39, 0.29) is 0 Å². The van der Waals surface area contributed by atoms with E-state index < -0.39 is 0 Å². The predicted octanol–water partition coefficient (Wildman–Crippen LogP) is 4.99. The van der Waals surface area contributed by atoms with Crippen molar-refractivity contribution >= 4 is 26.3 Å². The molecule has 22 heavy (non-hydrogen) atoms. The zero-order valence-electron chi connectivity index (χ0n) is 15.0. The zero-order valence-corrected chi connectivity index (χ0v) is 18.4. The first-order chi connectivity index (χ1) is 10.1. The van der Waals surface area contributed by atoms with Gasteiger partial charge < -0.3 is 0 Å². The molecule has 0 radical (unpaired) electrons. The second-order valence-corrected chi connectivity index (χ2v) is 15.8. The summed E-state index contributed by atoms with van der Waals surface area (Å²) in [7, 11) is 0. The molecule has 0 spiro atoms. The molecule has 0 aromatic rings. The third kappa shape index (κ3) is 1.71. The summed E-state index contributed by atoms with van der Waals surface area (Å²) in [5.41, 5.74) is 2.08. The molecule has 0 saturated heterocycles. The molecule has 2 saturated carbocycles. The minimum absolute atomic E-state index is 0.520. The third-order valence-corrected chi connectivity index (χ3v) is 16.8. The summed E-state index contributed by atoms with van der Waals surface area (Å²) in [5.74, 6) is 1.73. The summed E-state index contributed by atoms with van der Waals surface area (Å²) in [4.78, 5) is 0. The van der Waals surface area contributed by atoms with Gasteiger partial charge in [-0.2, -0.15) is 0 Å². The fraction of sp³-hybridized carbons (Fsp3) is 0.800. The molecule has 2 heteroatoms. The van der Waals surface area contributed by atoms with Crippen molar-refractivity contribution < 1.29 is 0 Å². The topological polar surface area (TPSA) is 0 Å². The van der Waals surface area contributed by atoms with E-state index in [0.717, 1.165) is 38.1 Å². The Kier molecular flexibility index (Phi) is 3.33. The summed E-state index contributed by atoms with van der Waals surface area (Å²) in [5, 5.41) is 0. The number of hydrogen-bond acceptors (Lipinski definition) is 0. The number of rotatable bonds is 3. The van der Waals surface area contributed by atoms with Crippen LogP contribution in [0.25, 0.3) is 0 Å². The number of fused-ring (bicyclic) bond motifs is 4. The van der Waals surface area contributed by atoms with Crippen molar-refractivity contribution in [3.8, 4) is 0 Å². The fourth-order valence-corrected chi connectivity index (χ4v) is 16.4. The average Bonchev–Trinajstić information content (AvgIpc) is 2.95. The first kappa shape index (κ1) is 16.0. The summed E-state index contributed by atoms with van der Waals surface area (Å²) in [6.45, 7) is 15.3. The Bertz CT molecular complexity index is 531. The fourth-order valence-electron chi connectivity index (χ4n) is 5.60. The SMILES string of the molecule is CC1(C)[C@H]2C=C([Se][Se]C3=C[C@H]4CC[C@]3(C)C4(C)C)[C@]1(C)CC2. The van der Waals surface area contributed by atoms with Gasteiger partial charge in [-0.25, -0.2) is 0 Å². The van der Waals surface area contributed by atoms with E-state index in [0.29, 0.717) is 21.7 Å². The molecule has 4 rings (SSSR count). The van der Waals surface area contributed by atoms with Crippen molar-refractivity contribution in [2.45, 2.75) is 67.2 Å². The van der Waals surface area contributed by atoms with E-state index in [2.05, 4.69) is 53.7 Å². The molecule has 0 nitrogen and oxygen atoms in total. The van der Waals surface area contributed by atoms with Crippen molar-refractivity contribution in [3.63, 3.8) is 0 Å². The van der Waals surface area contributed by atoms with E-state index in [1.165, 1.54) is 25.7 Å². The van der Waals surface area contributed by atoms with Crippen molar-refractivity contribution in [2.24, 2.45) is 33.5 Å². The summed E-state index contributed by atoms with van der Waals surface area (Å²) in [6.07, 6.45) is 11.2. The molecule has 4 bridgehead atoms. The Morgan fingerprint density at radius 1 is 0.727 bits per heavy atom. The van der Waals surface area contributed by atoms with E-state index in [4.69, 9.17) is 0 Å². The molecule has 0 unspecified atom stereocenters. The summed E-state index contributed by atoms with van der Waals surface area (Å²) in [6, 6.07) is 0. The van der Waals surface area contributed by atoms with Gasteiger partial charge in [-0.3, -0.25) is 0 Å². The minimum atomic E-state index is 0.520. The second kappa shape index (κ2) is 4.57. The zero-order chi connectivity index (χ0) is 16.0.